The third kappa shape index (κ3) is 5.27. The van der Waals surface area contributed by atoms with E-state index in [9.17, 15) is 4.79 Å². The third-order valence-corrected chi connectivity index (χ3v) is 4.54. The summed E-state index contributed by atoms with van der Waals surface area (Å²) < 4.78 is 12.9. The highest BCUT2D eigenvalue weighted by atomic mass is 35.5. The Morgan fingerprint density at radius 1 is 1.10 bits per heavy atom. The van der Waals surface area contributed by atoms with E-state index >= 15 is 0 Å². The lowest BCUT2D eigenvalue weighted by atomic mass is 10.2. The van der Waals surface area contributed by atoms with Crippen LogP contribution < -0.4 is 15.0 Å². The zero-order valence-electron chi connectivity index (χ0n) is 16.5. The summed E-state index contributed by atoms with van der Waals surface area (Å²) in [5, 5.41) is 0.321. The van der Waals surface area contributed by atoms with Crippen LogP contribution in [0.25, 0.3) is 0 Å². The van der Waals surface area contributed by atoms with Gasteiger partial charge in [-0.25, -0.2) is 0 Å². The summed E-state index contributed by atoms with van der Waals surface area (Å²) >= 11 is 6.33. The lowest BCUT2D eigenvalue weighted by Gasteiger charge is -2.13. The van der Waals surface area contributed by atoms with E-state index in [0.717, 1.165) is 12.0 Å². The van der Waals surface area contributed by atoms with Gasteiger partial charge in [0.15, 0.2) is 11.5 Å². The molecule has 29 heavy (non-hydrogen) atoms. The number of carbonyl (C=O) groups excluding carboxylic acids is 1. The Labute approximate surface area is 175 Å². The Morgan fingerprint density at radius 3 is 2.59 bits per heavy atom. The first kappa shape index (κ1) is 20.7. The van der Waals surface area contributed by atoms with Crippen LogP contribution in [0.3, 0.4) is 0 Å². The summed E-state index contributed by atoms with van der Waals surface area (Å²) in [6.45, 7) is 3.13. The molecule has 0 N–H and O–H groups in total. The molecule has 0 unspecified atom stereocenters. The Kier molecular flexibility index (Phi) is 7.09. The Hall–Kier alpha value is -3.05. The fraction of sp³-hybridized carbons (Fsp3) is 0.217. The topological polar surface area (TPSA) is 52.8 Å². The summed E-state index contributed by atoms with van der Waals surface area (Å²) in [6.07, 6.45) is 2.74. The van der Waals surface area contributed by atoms with Crippen molar-refractivity contribution in [2.24, 2.45) is 4.99 Å². The number of hydrogen-bond donors (Lipinski definition) is 0. The third-order valence-electron chi connectivity index (χ3n) is 4.26. The number of pyridine rings is 1. The lowest BCUT2D eigenvalue weighted by molar-refractivity contribution is 0.0996. The van der Waals surface area contributed by atoms with Gasteiger partial charge in [0.25, 0.3) is 5.91 Å². The maximum Gasteiger partial charge on any atom is 0.279 e. The monoisotopic (exact) mass is 410 g/mol. The lowest BCUT2D eigenvalue weighted by Crippen LogP contribution is -2.22. The van der Waals surface area contributed by atoms with Crippen molar-refractivity contribution in [3.8, 4) is 11.5 Å². The van der Waals surface area contributed by atoms with Crippen LogP contribution >= 0.6 is 11.6 Å². The molecule has 0 atom stereocenters. The van der Waals surface area contributed by atoms with Gasteiger partial charge in [-0.15, -0.1) is 0 Å². The van der Waals surface area contributed by atoms with Gasteiger partial charge >= 0.3 is 0 Å². The molecule has 1 aromatic heterocycles. The fourth-order valence-electron chi connectivity index (χ4n) is 2.84. The van der Waals surface area contributed by atoms with Gasteiger partial charge in [-0.1, -0.05) is 54.9 Å². The van der Waals surface area contributed by atoms with Crippen molar-refractivity contribution in [3.05, 3.63) is 88.5 Å². The van der Waals surface area contributed by atoms with Gasteiger partial charge in [-0.05, 0) is 36.2 Å². The van der Waals surface area contributed by atoms with E-state index in [4.69, 9.17) is 21.1 Å². The first-order valence-corrected chi connectivity index (χ1v) is 9.79. The van der Waals surface area contributed by atoms with Crippen molar-refractivity contribution in [1.82, 2.24) is 4.57 Å². The predicted molar refractivity (Wildman–Crippen MR) is 114 cm³/mol. The number of nitrogens with zero attached hydrogens (tertiary/aromatic N) is 2. The van der Waals surface area contributed by atoms with Crippen LogP contribution in [0.5, 0.6) is 11.5 Å². The quantitative estimate of drug-likeness (QED) is 0.565. The first-order valence-electron chi connectivity index (χ1n) is 9.41. The van der Waals surface area contributed by atoms with Gasteiger partial charge in [0.2, 0.25) is 0 Å². The van der Waals surface area contributed by atoms with Gasteiger partial charge in [0, 0.05) is 18.3 Å². The van der Waals surface area contributed by atoms with Gasteiger partial charge < -0.3 is 14.0 Å². The van der Waals surface area contributed by atoms with Crippen molar-refractivity contribution in [3.63, 3.8) is 0 Å². The molecule has 0 aliphatic rings. The van der Waals surface area contributed by atoms with E-state index < -0.39 is 5.91 Å². The molecule has 0 radical (unpaired) electrons. The highest BCUT2D eigenvalue weighted by Crippen LogP contribution is 2.36. The highest BCUT2D eigenvalue weighted by Gasteiger charge is 2.15. The molecule has 0 saturated carbocycles. The molecular formula is C23H23ClN2O3. The largest absolute Gasteiger partial charge is 0.493 e. The number of methoxy groups -OCH3 is 1. The van der Waals surface area contributed by atoms with Gasteiger partial charge in [-0.2, -0.15) is 4.99 Å². The molecule has 6 heteroatoms. The van der Waals surface area contributed by atoms with Crippen molar-refractivity contribution in [2.45, 2.75) is 19.9 Å². The van der Waals surface area contributed by atoms with Crippen LogP contribution in [0, 0.1) is 0 Å². The summed E-state index contributed by atoms with van der Waals surface area (Å²) in [4.78, 5) is 17.1. The molecule has 0 aliphatic heterocycles. The van der Waals surface area contributed by atoms with E-state index in [-0.39, 0.29) is 0 Å². The summed E-state index contributed by atoms with van der Waals surface area (Å²) in [6, 6.07) is 18.7. The van der Waals surface area contributed by atoms with Crippen LogP contribution in [0.1, 0.15) is 29.3 Å². The van der Waals surface area contributed by atoms with Gasteiger partial charge in [-0.3, -0.25) is 4.79 Å². The van der Waals surface area contributed by atoms with Crippen LogP contribution in [-0.4, -0.2) is 24.2 Å². The fourth-order valence-corrected chi connectivity index (χ4v) is 3.10. The summed E-state index contributed by atoms with van der Waals surface area (Å²) in [5.41, 5.74) is 2.02. The standard InChI is InChI=1S/C23H23ClN2O3/c1-3-13-29-22-19(24)14-18(15-20(22)28-2)23(27)25-21-11-7-8-12-26(21)16-17-9-5-4-6-10-17/h4-12,14-15H,3,13,16H2,1-2H3. The Balaban J connectivity index is 1.94. The van der Waals surface area contributed by atoms with Crippen LogP contribution in [0.15, 0.2) is 71.9 Å². The number of aromatic nitrogens is 1. The van der Waals surface area contributed by atoms with Crippen molar-refractivity contribution < 1.29 is 14.3 Å². The molecule has 0 bridgehead atoms. The minimum atomic E-state index is -0.403. The molecule has 0 saturated heterocycles. The molecule has 3 aromatic rings. The number of ether oxygens (including phenoxy) is 2. The van der Waals surface area contributed by atoms with Gasteiger partial charge in [0.05, 0.1) is 18.7 Å². The second-order valence-electron chi connectivity index (χ2n) is 6.43. The molecule has 1 amide bonds. The molecule has 1 heterocycles. The van der Waals surface area contributed by atoms with E-state index in [1.807, 2.05) is 60.2 Å². The van der Waals surface area contributed by atoms with Crippen LogP contribution in [0.4, 0.5) is 0 Å². The minimum absolute atomic E-state index is 0.321. The van der Waals surface area contributed by atoms with E-state index in [2.05, 4.69) is 4.99 Å². The van der Waals surface area contributed by atoms with Crippen LogP contribution in [-0.2, 0) is 6.54 Å². The smallest absolute Gasteiger partial charge is 0.279 e. The average molecular weight is 411 g/mol. The number of benzene rings is 2. The second-order valence-corrected chi connectivity index (χ2v) is 6.83. The molecule has 150 valence electrons. The molecule has 0 spiro atoms. The SMILES string of the molecule is CCCOc1c(Cl)cc(C(=O)N=c2ccccn2Cc2ccccc2)cc1OC. The maximum absolute atomic E-state index is 12.8. The zero-order chi connectivity index (χ0) is 20.6. The summed E-state index contributed by atoms with van der Waals surface area (Å²) in [5.74, 6) is 0.446. The van der Waals surface area contributed by atoms with E-state index in [0.29, 0.717) is 40.7 Å². The minimum Gasteiger partial charge on any atom is -0.493 e. The number of hydrogen-bond acceptors (Lipinski definition) is 3. The molecule has 5 nitrogen and oxygen atoms in total. The molecule has 0 fully saturated rings. The number of halogens is 1. The molecule has 0 aliphatic carbocycles. The van der Waals surface area contributed by atoms with Crippen molar-refractivity contribution in [2.75, 3.05) is 13.7 Å². The second kappa shape index (κ2) is 9.94. The normalized spacial score (nSPS) is 11.3. The van der Waals surface area contributed by atoms with Crippen molar-refractivity contribution in [1.29, 1.82) is 0 Å². The zero-order valence-corrected chi connectivity index (χ0v) is 17.2. The summed E-state index contributed by atoms with van der Waals surface area (Å²) in [7, 11) is 1.51. The average Bonchev–Trinajstić information content (AvgIpc) is 2.74. The first-order chi connectivity index (χ1) is 14.1. The molecular weight excluding hydrogens is 388 g/mol. The maximum atomic E-state index is 12.8. The number of carbonyl (C=O) groups is 1. The highest BCUT2D eigenvalue weighted by molar-refractivity contribution is 6.32. The molecule has 2 aromatic carbocycles. The Morgan fingerprint density at radius 2 is 1.86 bits per heavy atom. The van der Waals surface area contributed by atoms with E-state index in [1.165, 1.54) is 7.11 Å². The Bertz CT molecular complexity index is 1050. The van der Waals surface area contributed by atoms with Crippen LogP contribution in [0.2, 0.25) is 5.02 Å². The van der Waals surface area contributed by atoms with Gasteiger partial charge in [0.1, 0.15) is 5.49 Å². The van der Waals surface area contributed by atoms with E-state index in [1.54, 1.807) is 18.2 Å². The van der Waals surface area contributed by atoms with Crippen molar-refractivity contribution >= 4 is 17.5 Å². The number of rotatable bonds is 7. The number of amides is 1. The molecule has 3 rings (SSSR count). The predicted octanol–water partition coefficient (Wildman–Crippen LogP) is 4.73.